The molecule has 0 aliphatic carbocycles. The van der Waals surface area contributed by atoms with E-state index >= 15 is 0 Å². The summed E-state index contributed by atoms with van der Waals surface area (Å²) in [7, 11) is 0. The Morgan fingerprint density at radius 2 is 2.12 bits per heavy atom. The lowest BCUT2D eigenvalue weighted by Gasteiger charge is -2.23. The van der Waals surface area contributed by atoms with Gasteiger partial charge in [-0.3, -0.25) is 0 Å². The third-order valence-corrected chi connectivity index (χ3v) is 3.42. The van der Waals surface area contributed by atoms with Crippen LogP contribution < -0.4 is 5.73 Å². The Labute approximate surface area is 101 Å². The van der Waals surface area contributed by atoms with Gasteiger partial charge in [0.25, 0.3) is 0 Å². The van der Waals surface area contributed by atoms with Crippen LogP contribution in [0.1, 0.15) is 51.9 Å². The van der Waals surface area contributed by atoms with Gasteiger partial charge in [-0.15, -0.1) is 0 Å². The molecule has 4 nitrogen and oxygen atoms in total. The van der Waals surface area contributed by atoms with Crippen LogP contribution in [-0.4, -0.2) is 15.9 Å². The number of nitrogens with two attached hydrogens (primary N) is 1. The van der Waals surface area contributed by atoms with E-state index in [1.54, 1.807) is 0 Å². The SMILES string of the molecule is CCCSCc1noc(C(N)C(C)(C)C)n1. The maximum Gasteiger partial charge on any atom is 0.244 e. The summed E-state index contributed by atoms with van der Waals surface area (Å²) in [6, 6.07) is -0.204. The first kappa shape index (κ1) is 13.5. The second-order valence-electron chi connectivity index (χ2n) is 4.95. The van der Waals surface area contributed by atoms with E-state index in [1.165, 1.54) is 0 Å². The van der Waals surface area contributed by atoms with Crippen molar-refractivity contribution in [2.45, 2.75) is 45.9 Å². The molecule has 0 aliphatic heterocycles. The van der Waals surface area contributed by atoms with Crippen molar-refractivity contribution in [3.63, 3.8) is 0 Å². The molecule has 0 bridgehead atoms. The monoisotopic (exact) mass is 243 g/mol. The summed E-state index contributed by atoms with van der Waals surface area (Å²) in [5.74, 6) is 3.20. The molecule has 0 amide bonds. The van der Waals surface area contributed by atoms with E-state index in [0.29, 0.717) is 5.89 Å². The lowest BCUT2D eigenvalue weighted by molar-refractivity contribution is 0.252. The second kappa shape index (κ2) is 5.68. The van der Waals surface area contributed by atoms with Gasteiger partial charge in [-0.2, -0.15) is 16.7 Å². The van der Waals surface area contributed by atoms with E-state index < -0.39 is 0 Å². The topological polar surface area (TPSA) is 64.9 Å². The fourth-order valence-electron chi connectivity index (χ4n) is 1.13. The molecule has 0 aliphatic rings. The molecule has 0 saturated heterocycles. The van der Waals surface area contributed by atoms with Crippen molar-refractivity contribution in [1.29, 1.82) is 0 Å². The van der Waals surface area contributed by atoms with Crippen LogP contribution in [0, 0.1) is 5.41 Å². The fourth-order valence-corrected chi connectivity index (χ4v) is 1.86. The van der Waals surface area contributed by atoms with Crippen LogP contribution in [0.3, 0.4) is 0 Å². The van der Waals surface area contributed by atoms with E-state index in [2.05, 4.69) is 37.8 Å². The summed E-state index contributed by atoms with van der Waals surface area (Å²) in [4.78, 5) is 4.32. The van der Waals surface area contributed by atoms with Crippen molar-refractivity contribution in [2.75, 3.05) is 5.75 Å². The highest BCUT2D eigenvalue weighted by atomic mass is 32.2. The average molecular weight is 243 g/mol. The largest absolute Gasteiger partial charge is 0.338 e. The molecule has 92 valence electrons. The highest BCUT2D eigenvalue weighted by Gasteiger charge is 2.27. The van der Waals surface area contributed by atoms with Gasteiger partial charge < -0.3 is 10.3 Å². The first-order chi connectivity index (χ1) is 7.45. The summed E-state index contributed by atoms with van der Waals surface area (Å²) >= 11 is 1.81. The van der Waals surface area contributed by atoms with Gasteiger partial charge in [-0.05, 0) is 17.6 Å². The molecular formula is C11H21N3OS. The van der Waals surface area contributed by atoms with Gasteiger partial charge in [-0.25, -0.2) is 0 Å². The summed E-state index contributed by atoms with van der Waals surface area (Å²) < 4.78 is 5.18. The van der Waals surface area contributed by atoms with Gasteiger partial charge in [0.1, 0.15) is 0 Å². The molecule has 0 spiro atoms. The highest BCUT2D eigenvalue weighted by molar-refractivity contribution is 7.98. The van der Waals surface area contributed by atoms with Crippen LogP contribution in [0.5, 0.6) is 0 Å². The molecule has 1 atom stereocenters. The number of aromatic nitrogens is 2. The zero-order valence-corrected chi connectivity index (χ0v) is 11.3. The van der Waals surface area contributed by atoms with Crippen molar-refractivity contribution < 1.29 is 4.52 Å². The first-order valence-electron chi connectivity index (χ1n) is 5.61. The molecule has 0 saturated carbocycles. The summed E-state index contributed by atoms with van der Waals surface area (Å²) in [5, 5.41) is 3.94. The van der Waals surface area contributed by atoms with Gasteiger partial charge in [0.15, 0.2) is 5.82 Å². The molecule has 2 N–H and O–H groups in total. The van der Waals surface area contributed by atoms with Crippen LogP contribution in [0.25, 0.3) is 0 Å². The number of rotatable bonds is 5. The summed E-state index contributed by atoms with van der Waals surface area (Å²) in [6.07, 6.45) is 1.16. The Hall–Kier alpha value is -0.550. The fraction of sp³-hybridized carbons (Fsp3) is 0.818. The van der Waals surface area contributed by atoms with E-state index in [1.807, 2.05) is 11.8 Å². The predicted octanol–water partition coefficient (Wildman–Crippen LogP) is 2.76. The van der Waals surface area contributed by atoms with Gasteiger partial charge >= 0.3 is 0 Å². The quantitative estimate of drug-likeness (QED) is 0.805. The second-order valence-corrected chi connectivity index (χ2v) is 6.05. The molecule has 0 fully saturated rings. The van der Waals surface area contributed by atoms with Crippen LogP contribution in [-0.2, 0) is 5.75 Å². The third kappa shape index (κ3) is 3.79. The van der Waals surface area contributed by atoms with Crippen molar-refractivity contribution >= 4 is 11.8 Å². The standard InChI is InChI=1S/C11H21N3OS/c1-5-6-16-7-8-13-10(15-14-8)9(12)11(2,3)4/h9H,5-7,12H2,1-4H3. The minimum atomic E-state index is -0.204. The van der Waals surface area contributed by atoms with E-state index in [0.717, 1.165) is 23.8 Å². The Kier molecular flexibility index (Phi) is 4.80. The molecule has 16 heavy (non-hydrogen) atoms. The van der Waals surface area contributed by atoms with Crippen LogP contribution in [0.2, 0.25) is 0 Å². The summed E-state index contributed by atoms with van der Waals surface area (Å²) in [5.41, 5.74) is 5.98. The minimum Gasteiger partial charge on any atom is -0.338 e. The maximum atomic E-state index is 6.04. The number of thioether (sulfide) groups is 1. The lowest BCUT2D eigenvalue weighted by atomic mass is 9.87. The van der Waals surface area contributed by atoms with Gasteiger partial charge in [0.05, 0.1) is 11.8 Å². The third-order valence-electron chi connectivity index (χ3n) is 2.26. The van der Waals surface area contributed by atoms with E-state index in [9.17, 15) is 0 Å². The Morgan fingerprint density at radius 3 is 2.69 bits per heavy atom. The molecule has 0 aromatic carbocycles. The smallest absolute Gasteiger partial charge is 0.244 e. The van der Waals surface area contributed by atoms with Crippen LogP contribution >= 0.6 is 11.8 Å². The summed E-state index contributed by atoms with van der Waals surface area (Å²) in [6.45, 7) is 8.35. The molecule has 0 radical (unpaired) electrons. The molecule has 1 rings (SSSR count). The van der Waals surface area contributed by atoms with Crippen LogP contribution in [0.4, 0.5) is 0 Å². The minimum absolute atomic E-state index is 0.0552. The number of hydrogen-bond acceptors (Lipinski definition) is 5. The van der Waals surface area contributed by atoms with Crippen molar-refractivity contribution in [2.24, 2.45) is 11.1 Å². The lowest BCUT2D eigenvalue weighted by Crippen LogP contribution is -2.26. The molecule has 1 unspecified atom stereocenters. The Morgan fingerprint density at radius 1 is 1.44 bits per heavy atom. The molecule has 5 heteroatoms. The van der Waals surface area contributed by atoms with Crippen molar-refractivity contribution in [1.82, 2.24) is 10.1 Å². The van der Waals surface area contributed by atoms with E-state index in [-0.39, 0.29) is 11.5 Å². The van der Waals surface area contributed by atoms with Crippen molar-refractivity contribution in [3.05, 3.63) is 11.7 Å². The predicted molar refractivity (Wildman–Crippen MR) is 67.1 cm³/mol. The number of nitrogens with zero attached hydrogens (tertiary/aromatic N) is 2. The Balaban J connectivity index is 2.57. The van der Waals surface area contributed by atoms with Gasteiger partial charge in [0, 0.05) is 0 Å². The van der Waals surface area contributed by atoms with Gasteiger partial charge in [0.2, 0.25) is 5.89 Å². The molecule has 1 heterocycles. The van der Waals surface area contributed by atoms with Crippen LogP contribution in [0.15, 0.2) is 4.52 Å². The first-order valence-corrected chi connectivity index (χ1v) is 6.76. The van der Waals surface area contributed by atoms with Crippen molar-refractivity contribution in [3.8, 4) is 0 Å². The zero-order chi connectivity index (χ0) is 12.2. The highest BCUT2D eigenvalue weighted by Crippen LogP contribution is 2.29. The molecular weight excluding hydrogens is 222 g/mol. The molecule has 1 aromatic heterocycles. The maximum absolute atomic E-state index is 6.04. The Bertz CT molecular complexity index is 319. The normalized spacial score (nSPS) is 14.1. The van der Waals surface area contributed by atoms with E-state index in [4.69, 9.17) is 10.3 Å². The number of hydrogen-bond donors (Lipinski definition) is 1. The van der Waals surface area contributed by atoms with Gasteiger partial charge in [-0.1, -0.05) is 32.9 Å². The zero-order valence-electron chi connectivity index (χ0n) is 10.5. The molecule has 1 aromatic rings. The average Bonchev–Trinajstić information content (AvgIpc) is 2.64.